The van der Waals surface area contributed by atoms with E-state index in [1.807, 2.05) is 12.1 Å². The lowest BCUT2D eigenvalue weighted by molar-refractivity contribution is 0.475. The van der Waals surface area contributed by atoms with Crippen molar-refractivity contribution in [1.82, 2.24) is 4.98 Å². The van der Waals surface area contributed by atoms with Crippen LogP contribution in [0.2, 0.25) is 4.47 Å². The molecule has 90 valence electrons. The topological polar surface area (TPSA) is 33.1 Å². The molecule has 0 aliphatic heterocycles. The van der Waals surface area contributed by atoms with Crippen LogP contribution in [-0.2, 0) is 6.42 Å². The number of nitrogens with zero attached hydrogens (tertiary/aromatic N) is 1. The first-order chi connectivity index (χ1) is 8.06. The number of rotatable bonds is 3. The van der Waals surface area contributed by atoms with Crippen LogP contribution in [-0.4, -0.2) is 10.1 Å². The molecule has 0 aliphatic carbocycles. The lowest BCUT2D eigenvalue weighted by Gasteiger charge is -2.05. The third kappa shape index (κ3) is 2.99. The Morgan fingerprint density at radius 3 is 2.82 bits per heavy atom. The minimum absolute atomic E-state index is 0.252. The van der Waals surface area contributed by atoms with Crippen LogP contribution in [0.5, 0.6) is 5.75 Å². The molecule has 0 saturated carbocycles. The molecule has 0 bridgehead atoms. The zero-order chi connectivity index (χ0) is 12.4. The van der Waals surface area contributed by atoms with Crippen LogP contribution < -0.4 is 0 Å². The number of hydrogen-bond donors (Lipinski definition) is 1. The number of aromatic nitrogens is 1. The van der Waals surface area contributed by atoms with Gasteiger partial charge in [0.25, 0.3) is 0 Å². The highest BCUT2D eigenvalue weighted by Crippen LogP contribution is 2.33. The third-order valence-electron chi connectivity index (χ3n) is 2.38. The second kappa shape index (κ2) is 5.07. The molecule has 1 heterocycles. The maximum Gasteiger partial charge on any atom is 0.184 e. The first-order valence-electron chi connectivity index (χ1n) is 5.51. The third-order valence-corrected chi connectivity index (χ3v) is 3.57. The Bertz CT molecular complexity index is 522. The van der Waals surface area contributed by atoms with Crippen molar-refractivity contribution in [3.63, 3.8) is 0 Å². The summed E-state index contributed by atoms with van der Waals surface area (Å²) in [4.78, 5) is 5.52. The van der Waals surface area contributed by atoms with Crippen molar-refractivity contribution in [3.8, 4) is 17.0 Å². The summed E-state index contributed by atoms with van der Waals surface area (Å²) in [6, 6.07) is 7.13. The Hall–Kier alpha value is -1.06. The molecule has 4 heteroatoms. The molecule has 1 N–H and O–H groups in total. The molecule has 0 saturated heterocycles. The Morgan fingerprint density at radius 2 is 2.18 bits per heavy atom. The van der Waals surface area contributed by atoms with Gasteiger partial charge in [0, 0.05) is 10.4 Å². The van der Waals surface area contributed by atoms with Crippen molar-refractivity contribution in [2.45, 2.75) is 20.3 Å². The standard InChI is InChI=1S/C13H14ClNOS/c1-8(2)6-11-12(15-13(14)17-11)9-4-3-5-10(16)7-9/h3-5,7-8,16H,6H2,1-2H3. The van der Waals surface area contributed by atoms with E-state index >= 15 is 0 Å². The maximum atomic E-state index is 9.50. The van der Waals surface area contributed by atoms with Gasteiger partial charge in [-0.1, -0.05) is 37.6 Å². The van der Waals surface area contributed by atoms with Crippen LogP contribution in [0.15, 0.2) is 24.3 Å². The number of phenolic OH excluding ortho intramolecular Hbond substituents is 1. The van der Waals surface area contributed by atoms with E-state index in [4.69, 9.17) is 11.6 Å². The summed E-state index contributed by atoms with van der Waals surface area (Å²) in [6.07, 6.45) is 0.954. The van der Waals surface area contributed by atoms with Gasteiger partial charge in [-0.2, -0.15) is 0 Å². The van der Waals surface area contributed by atoms with E-state index in [1.54, 1.807) is 12.1 Å². The molecule has 0 unspecified atom stereocenters. The van der Waals surface area contributed by atoms with Crippen LogP contribution in [0.3, 0.4) is 0 Å². The second-order valence-corrected chi connectivity index (χ2v) is 6.05. The Kier molecular flexibility index (Phi) is 3.69. The molecule has 2 rings (SSSR count). The lowest BCUT2D eigenvalue weighted by atomic mass is 10.0. The first kappa shape index (κ1) is 12.4. The second-order valence-electron chi connectivity index (χ2n) is 4.39. The molecule has 0 amide bonds. The molecule has 0 spiro atoms. The molecule has 0 aliphatic rings. The van der Waals surface area contributed by atoms with Crippen molar-refractivity contribution in [2.75, 3.05) is 0 Å². The average molecular weight is 268 g/mol. The summed E-state index contributed by atoms with van der Waals surface area (Å²) in [7, 11) is 0. The van der Waals surface area contributed by atoms with Gasteiger partial charge in [0.2, 0.25) is 0 Å². The van der Waals surface area contributed by atoms with E-state index in [2.05, 4.69) is 18.8 Å². The molecule has 17 heavy (non-hydrogen) atoms. The van der Waals surface area contributed by atoms with E-state index in [0.717, 1.165) is 17.7 Å². The Morgan fingerprint density at radius 1 is 1.41 bits per heavy atom. The van der Waals surface area contributed by atoms with Gasteiger partial charge in [0.05, 0.1) is 5.69 Å². The van der Waals surface area contributed by atoms with Gasteiger partial charge in [-0.25, -0.2) is 4.98 Å². The SMILES string of the molecule is CC(C)Cc1sc(Cl)nc1-c1cccc(O)c1. The number of phenols is 1. The summed E-state index contributed by atoms with van der Waals surface area (Å²) >= 11 is 7.50. The van der Waals surface area contributed by atoms with Crippen LogP contribution in [0.25, 0.3) is 11.3 Å². The molecular weight excluding hydrogens is 254 g/mol. The number of thiazole rings is 1. The van der Waals surface area contributed by atoms with E-state index < -0.39 is 0 Å². The maximum absolute atomic E-state index is 9.50. The average Bonchev–Trinajstić information content (AvgIpc) is 2.58. The zero-order valence-electron chi connectivity index (χ0n) is 9.77. The fraction of sp³-hybridized carbons (Fsp3) is 0.308. The molecule has 0 atom stereocenters. The Labute approximate surface area is 110 Å². The molecular formula is C13H14ClNOS. The molecule has 0 radical (unpaired) electrons. The van der Waals surface area contributed by atoms with E-state index in [-0.39, 0.29) is 5.75 Å². The largest absolute Gasteiger partial charge is 0.508 e. The minimum Gasteiger partial charge on any atom is -0.508 e. The predicted molar refractivity (Wildman–Crippen MR) is 72.8 cm³/mol. The number of halogens is 1. The first-order valence-corrected chi connectivity index (χ1v) is 6.70. The summed E-state index contributed by atoms with van der Waals surface area (Å²) < 4.78 is 0.555. The van der Waals surface area contributed by atoms with Gasteiger partial charge in [0.1, 0.15) is 5.75 Å². The highest BCUT2D eigenvalue weighted by atomic mass is 35.5. The molecule has 1 aromatic heterocycles. The highest BCUT2D eigenvalue weighted by Gasteiger charge is 2.13. The van der Waals surface area contributed by atoms with Crippen molar-refractivity contribution in [1.29, 1.82) is 0 Å². The van der Waals surface area contributed by atoms with Crippen molar-refractivity contribution in [2.24, 2.45) is 5.92 Å². The smallest absolute Gasteiger partial charge is 0.184 e. The van der Waals surface area contributed by atoms with Gasteiger partial charge in [0.15, 0.2) is 4.47 Å². The molecule has 2 aromatic rings. The summed E-state index contributed by atoms with van der Waals surface area (Å²) in [5.41, 5.74) is 1.81. The normalized spacial score (nSPS) is 11.1. The monoisotopic (exact) mass is 267 g/mol. The van der Waals surface area contributed by atoms with E-state index in [9.17, 15) is 5.11 Å². The van der Waals surface area contributed by atoms with Crippen molar-refractivity contribution >= 4 is 22.9 Å². The summed E-state index contributed by atoms with van der Waals surface area (Å²) in [5.74, 6) is 0.810. The van der Waals surface area contributed by atoms with Gasteiger partial charge < -0.3 is 5.11 Å². The fourth-order valence-electron chi connectivity index (χ4n) is 1.71. The Balaban J connectivity index is 2.44. The van der Waals surface area contributed by atoms with Crippen LogP contribution in [0.4, 0.5) is 0 Å². The summed E-state index contributed by atoms with van der Waals surface area (Å²) in [6.45, 7) is 4.33. The fourth-order valence-corrected chi connectivity index (χ4v) is 3.09. The van der Waals surface area contributed by atoms with E-state index in [0.29, 0.717) is 10.4 Å². The number of benzene rings is 1. The van der Waals surface area contributed by atoms with Crippen LogP contribution in [0, 0.1) is 5.92 Å². The van der Waals surface area contributed by atoms with Gasteiger partial charge in [-0.15, -0.1) is 11.3 Å². The van der Waals surface area contributed by atoms with Gasteiger partial charge in [-0.05, 0) is 24.5 Å². The van der Waals surface area contributed by atoms with E-state index in [1.165, 1.54) is 16.2 Å². The predicted octanol–water partition coefficient (Wildman–Crippen LogP) is 4.37. The number of aromatic hydroxyl groups is 1. The van der Waals surface area contributed by atoms with Gasteiger partial charge >= 0.3 is 0 Å². The minimum atomic E-state index is 0.252. The number of hydrogen-bond acceptors (Lipinski definition) is 3. The molecule has 2 nitrogen and oxygen atoms in total. The van der Waals surface area contributed by atoms with Crippen molar-refractivity contribution < 1.29 is 5.11 Å². The summed E-state index contributed by atoms with van der Waals surface area (Å²) in [5, 5.41) is 9.50. The molecule has 1 aromatic carbocycles. The van der Waals surface area contributed by atoms with Gasteiger partial charge in [-0.3, -0.25) is 0 Å². The quantitative estimate of drug-likeness (QED) is 0.896. The lowest BCUT2D eigenvalue weighted by Crippen LogP contribution is -1.93. The van der Waals surface area contributed by atoms with Crippen LogP contribution in [0.1, 0.15) is 18.7 Å². The zero-order valence-corrected chi connectivity index (χ0v) is 11.3. The molecule has 0 fully saturated rings. The van der Waals surface area contributed by atoms with Crippen molar-refractivity contribution in [3.05, 3.63) is 33.6 Å². The van der Waals surface area contributed by atoms with Crippen LogP contribution >= 0.6 is 22.9 Å². The highest BCUT2D eigenvalue weighted by molar-refractivity contribution is 7.16.